The number of carbonyl (C=O) groups excluding carboxylic acids is 1. The first-order valence-electron chi connectivity index (χ1n) is 7.23. The Labute approximate surface area is 134 Å². The Morgan fingerprint density at radius 2 is 1.87 bits per heavy atom. The molecule has 1 aromatic carbocycles. The van der Waals surface area contributed by atoms with Gasteiger partial charge in [0.15, 0.2) is 5.76 Å². The molecule has 0 aliphatic heterocycles. The Kier molecular flexibility index (Phi) is 5.05. The highest BCUT2D eigenvalue weighted by molar-refractivity contribution is 5.91. The van der Waals surface area contributed by atoms with Gasteiger partial charge in [-0.1, -0.05) is 18.2 Å². The van der Waals surface area contributed by atoms with Gasteiger partial charge in [-0.15, -0.1) is 0 Å². The van der Waals surface area contributed by atoms with Gasteiger partial charge >= 0.3 is 5.97 Å². The number of hydrogen-bond donors (Lipinski definition) is 2. The van der Waals surface area contributed by atoms with E-state index in [9.17, 15) is 9.59 Å². The summed E-state index contributed by atoms with van der Waals surface area (Å²) in [7, 11) is 0. The van der Waals surface area contributed by atoms with Gasteiger partial charge in [-0.05, 0) is 38.5 Å². The van der Waals surface area contributed by atoms with E-state index in [4.69, 9.17) is 14.3 Å². The van der Waals surface area contributed by atoms with Gasteiger partial charge in [-0.2, -0.15) is 0 Å². The number of carboxylic acids is 1. The van der Waals surface area contributed by atoms with Gasteiger partial charge < -0.3 is 19.6 Å². The molecule has 0 bridgehead atoms. The molecular formula is C17H19NO5. The zero-order chi connectivity index (χ0) is 16.9. The van der Waals surface area contributed by atoms with Crippen molar-refractivity contribution >= 4 is 11.9 Å². The summed E-state index contributed by atoms with van der Waals surface area (Å²) >= 11 is 0. The highest BCUT2D eigenvalue weighted by Gasteiger charge is 2.26. The molecule has 6 heteroatoms. The van der Waals surface area contributed by atoms with Crippen LogP contribution in [0.5, 0.6) is 11.7 Å². The van der Waals surface area contributed by atoms with Gasteiger partial charge in [0.05, 0.1) is 5.41 Å². The van der Waals surface area contributed by atoms with Gasteiger partial charge in [0, 0.05) is 12.6 Å². The molecule has 2 aromatic rings. The van der Waals surface area contributed by atoms with Crippen molar-refractivity contribution in [3.8, 4) is 11.7 Å². The third-order valence-corrected chi connectivity index (χ3v) is 3.38. The van der Waals surface area contributed by atoms with Crippen LogP contribution in [-0.2, 0) is 4.79 Å². The van der Waals surface area contributed by atoms with Gasteiger partial charge in [-0.3, -0.25) is 9.59 Å². The largest absolute Gasteiger partial charge is 0.481 e. The summed E-state index contributed by atoms with van der Waals surface area (Å²) in [5.74, 6) is -0.370. The summed E-state index contributed by atoms with van der Waals surface area (Å²) in [5, 5.41) is 11.7. The van der Waals surface area contributed by atoms with Crippen LogP contribution >= 0.6 is 0 Å². The standard InChI is InChI=1S/C17H19NO5/c1-17(2,16(20)21)10-11-18-15(19)13-8-9-14(23-13)22-12-6-4-3-5-7-12/h3-9H,10-11H2,1-2H3,(H,18,19)(H,20,21). The number of nitrogens with one attached hydrogen (secondary N) is 1. The van der Waals surface area contributed by atoms with Crippen molar-refractivity contribution < 1.29 is 23.8 Å². The predicted molar refractivity (Wildman–Crippen MR) is 83.6 cm³/mol. The van der Waals surface area contributed by atoms with Crippen molar-refractivity contribution in [1.29, 1.82) is 0 Å². The second-order valence-electron chi connectivity index (χ2n) is 5.73. The molecule has 122 valence electrons. The SMILES string of the molecule is CC(C)(CCNC(=O)c1ccc(Oc2ccccc2)o1)C(=O)O. The quantitative estimate of drug-likeness (QED) is 0.818. The number of ether oxygens (including phenoxy) is 1. The Morgan fingerprint density at radius 1 is 1.17 bits per heavy atom. The molecule has 23 heavy (non-hydrogen) atoms. The van der Waals surface area contributed by atoms with Crippen LogP contribution in [-0.4, -0.2) is 23.5 Å². The van der Waals surface area contributed by atoms with Crippen LogP contribution in [0, 0.1) is 5.41 Å². The van der Waals surface area contributed by atoms with Crippen LogP contribution in [0.25, 0.3) is 0 Å². The predicted octanol–water partition coefficient (Wildman–Crippen LogP) is 3.30. The fraction of sp³-hybridized carbons (Fsp3) is 0.294. The summed E-state index contributed by atoms with van der Waals surface area (Å²) in [6, 6.07) is 12.1. The fourth-order valence-corrected chi connectivity index (χ4v) is 1.78. The minimum Gasteiger partial charge on any atom is -0.481 e. The van der Waals surface area contributed by atoms with E-state index in [1.165, 1.54) is 6.07 Å². The molecule has 2 N–H and O–H groups in total. The molecule has 0 saturated carbocycles. The maximum Gasteiger partial charge on any atom is 0.309 e. The minimum absolute atomic E-state index is 0.115. The van der Waals surface area contributed by atoms with E-state index in [1.807, 2.05) is 18.2 Å². The number of aliphatic carboxylic acids is 1. The molecule has 0 radical (unpaired) electrons. The average molecular weight is 317 g/mol. The van der Waals surface area contributed by atoms with Gasteiger partial charge in [0.25, 0.3) is 11.9 Å². The summed E-state index contributed by atoms with van der Waals surface area (Å²) < 4.78 is 10.8. The third kappa shape index (κ3) is 4.60. The lowest BCUT2D eigenvalue weighted by molar-refractivity contribution is -0.147. The molecule has 0 aliphatic carbocycles. The van der Waals surface area contributed by atoms with E-state index in [0.29, 0.717) is 12.2 Å². The minimum atomic E-state index is -0.900. The Balaban J connectivity index is 1.88. The first-order valence-corrected chi connectivity index (χ1v) is 7.23. The van der Waals surface area contributed by atoms with Crippen LogP contribution in [0.4, 0.5) is 0 Å². The molecule has 1 amide bonds. The first kappa shape index (κ1) is 16.6. The summed E-state index contributed by atoms with van der Waals surface area (Å²) in [4.78, 5) is 23.0. The molecular weight excluding hydrogens is 298 g/mol. The molecule has 6 nitrogen and oxygen atoms in total. The molecule has 0 saturated heterocycles. The van der Waals surface area contributed by atoms with Gasteiger partial charge in [0.1, 0.15) is 5.75 Å². The highest BCUT2D eigenvalue weighted by atomic mass is 16.6. The molecule has 1 heterocycles. The second-order valence-corrected chi connectivity index (χ2v) is 5.73. The molecule has 0 unspecified atom stereocenters. The van der Waals surface area contributed by atoms with Crippen LogP contribution in [0.2, 0.25) is 0 Å². The lowest BCUT2D eigenvalue weighted by atomic mass is 9.90. The molecule has 0 fully saturated rings. The summed E-state index contributed by atoms with van der Waals surface area (Å²) in [6.45, 7) is 3.47. The van der Waals surface area contributed by atoms with Crippen LogP contribution in [0.3, 0.4) is 0 Å². The number of rotatable bonds is 7. The molecule has 0 atom stereocenters. The monoisotopic (exact) mass is 317 g/mol. The van der Waals surface area contributed by atoms with Crippen molar-refractivity contribution in [1.82, 2.24) is 5.32 Å². The maximum atomic E-state index is 12.0. The van der Waals surface area contributed by atoms with E-state index < -0.39 is 17.3 Å². The topological polar surface area (TPSA) is 88.8 Å². The third-order valence-electron chi connectivity index (χ3n) is 3.38. The van der Waals surface area contributed by atoms with Crippen LogP contribution in [0.1, 0.15) is 30.8 Å². The molecule has 0 spiro atoms. The highest BCUT2D eigenvalue weighted by Crippen LogP contribution is 2.23. The van der Waals surface area contributed by atoms with Gasteiger partial charge in [-0.25, -0.2) is 0 Å². The average Bonchev–Trinajstić information content (AvgIpc) is 2.96. The Hall–Kier alpha value is -2.76. The zero-order valence-electron chi connectivity index (χ0n) is 13.0. The summed E-state index contributed by atoms with van der Waals surface area (Å²) in [6.07, 6.45) is 0.322. The first-order chi connectivity index (χ1) is 10.9. The lowest BCUT2D eigenvalue weighted by Crippen LogP contribution is -2.31. The number of carboxylic acid groups (broad SMARTS) is 1. The van der Waals surface area contributed by atoms with Crippen LogP contribution in [0.15, 0.2) is 46.9 Å². The van der Waals surface area contributed by atoms with E-state index >= 15 is 0 Å². The van der Waals surface area contributed by atoms with Crippen molar-refractivity contribution in [2.45, 2.75) is 20.3 Å². The van der Waals surface area contributed by atoms with E-state index in [0.717, 1.165) is 0 Å². The smallest absolute Gasteiger partial charge is 0.309 e. The second kappa shape index (κ2) is 7.00. The Bertz CT molecular complexity index is 675. The van der Waals surface area contributed by atoms with Crippen molar-refractivity contribution in [2.75, 3.05) is 6.54 Å². The fourth-order valence-electron chi connectivity index (χ4n) is 1.78. The molecule has 1 aromatic heterocycles. The number of para-hydroxylation sites is 1. The number of carbonyl (C=O) groups is 2. The number of amides is 1. The van der Waals surface area contributed by atoms with E-state index in [1.54, 1.807) is 32.0 Å². The van der Waals surface area contributed by atoms with E-state index in [-0.39, 0.29) is 18.3 Å². The number of furan rings is 1. The normalized spacial score (nSPS) is 11.0. The Morgan fingerprint density at radius 3 is 2.52 bits per heavy atom. The van der Waals surface area contributed by atoms with Crippen LogP contribution < -0.4 is 10.1 Å². The maximum absolute atomic E-state index is 12.0. The zero-order valence-corrected chi connectivity index (χ0v) is 13.0. The molecule has 2 rings (SSSR count). The number of hydrogen-bond acceptors (Lipinski definition) is 4. The lowest BCUT2D eigenvalue weighted by Gasteiger charge is -2.18. The van der Waals surface area contributed by atoms with Crippen molar-refractivity contribution in [2.24, 2.45) is 5.41 Å². The molecule has 0 aliphatic rings. The number of benzene rings is 1. The summed E-state index contributed by atoms with van der Waals surface area (Å²) in [5.41, 5.74) is -0.891. The van der Waals surface area contributed by atoms with Gasteiger partial charge in [0.2, 0.25) is 0 Å². The van der Waals surface area contributed by atoms with Crippen molar-refractivity contribution in [3.63, 3.8) is 0 Å². The van der Waals surface area contributed by atoms with E-state index in [2.05, 4.69) is 5.32 Å². The van der Waals surface area contributed by atoms with Crippen molar-refractivity contribution in [3.05, 3.63) is 48.2 Å².